The summed E-state index contributed by atoms with van der Waals surface area (Å²) < 4.78 is 5.29. The van der Waals surface area contributed by atoms with E-state index in [0.717, 1.165) is 30.3 Å². The van der Waals surface area contributed by atoms with Gasteiger partial charge in [0.1, 0.15) is 0 Å². The predicted octanol–water partition coefficient (Wildman–Crippen LogP) is 3.50. The Hall–Kier alpha value is -2.36. The molecule has 1 heterocycles. The SMILES string of the molecule is CC1CC(C)CN(C(=O)COC(=O)c2cccc3ccccc23)C1. The summed E-state index contributed by atoms with van der Waals surface area (Å²) in [5.41, 5.74) is 0.501. The molecule has 1 aliphatic rings. The molecule has 3 rings (SSSR count). The molecule has 1 fully saturated rings. The maximum absolute atomic E-state index is 12.4. The quantitative estimate of drug-likeness (QED) is 0.812. The van der Waals surface area contributed by atoms with Gasteiger partial charge in [0.2, 0.25) is 0 Å². The maximum Gasteiger partial charge on any atom is 0.339 e. The van der Waals surface area contributed by atoms with E-state index in [4.69, 9.17) is 4.74 Å². The van der Waals surface area contributed by atoms with Crippen molar-refractivity contribution in [3.63, 3.8) is 0 Å². The van der Waals surface area contributed by atoms with Crippen LogP contribution in [0.15, 0.2) is 42.5 Å². The highest BCUT2D eigenvalue weighted by molar-refractivity contribution is 6.04. The molecule has 0 saturated carbocycles. The Morgan fingerprint density at radius 3 is 2.46 bits per heavy atom. The van der Waals surface area contributed by atoms with Crippen LogP contribution in [0.25, 0.3) is 10.8 Å². The first-order chi connectivity index (χ1) is 11.5. The molecule has 24 heavy (non-hydrogen) atoms. The third kappa shape index (κ3) is 3.58. The molecule has 0 bridgehead atoms. The van der Waals surface area contributed by atoms with Gasteiger partial charge in [-0.3, -0.25) is 4.79 Å². The highest BCUT2D eigenvalue weighted by atomic mass is 16.5. The minimum Gasteiger partial charge on any atom is -0.452 e. The van der Waals surface area contributed by atoms with E-state index in [1.165, 1.54) is 0 Å². The number of carbonyl (C=O) groups is 2. The Kier molecular flexibility index (Phi) is 4.84. The molecule has 2 unspecified atom stereocenters. The molecule has 2 atom stereocenters. The summed E-state index contributed by atoms with van der Waals surface area (Å²) in [6.07, 6.45) is 1.14. The number of hydrogen-bond acceptors (Lipinski definition) is 3. The van der Waals surface area contributed by atoms with Crippen molar-refractivity contribution in [2.75, 3.05) is 19.7 Å². The van der Waals surface area contributed by atoms with E-state index in [-0.39, 0.29) is 12.5 Å². The summed E-state index contributed by atoms with van der Waals surface area (Å²) in [6.45, 7) is 5.60. The van der Waals surface area contributed by atoms with Crippen molar-refractivity contribution >= 4 is 22.6 Å². The molecule has 0 spiro atoms. The number of carbonyl (C=O) groups excluding carboxylic acids is 2. The second-order valence-corrected chi connectivity index (χ2v) is 6.85. The zero-order valence-electron chi connectivity index (χ0n) is 14.2. The number of ether oxygens (including phenoxy) is 1. The molecule has 0 aliphatic carbocycles. The summed E-state index contributed by atoms with van der Waals surface area (Å²) in [4.78, 5) is 26.5. The first kappa shape index (κ1) is 16.5. The van der Waals surface area contributed by atoms with Crippen molar-refractivity contribution in [1.82, 2.24) is 4.90 Å². The topological polar surface area (TPSA) is 46.6 Å². The lowest BCUT2D eigenvalue weighted by atomic mass is 9.92. The van der Waals surface area contributed by atoms with Crippen LogP contribution in [0.3, 0.4) is 0 Å². The van der Waals surface area contributed by atoms with Crippen LogP contribution in [-0.2, 0) is 9.53 Å². The van der Waals surface area contributed by atoms with E-state index >= 15 is 0 Å². The van der Waals surface area contributed by atoms with Crippen LogP contribution in [-0.4, -0.2) is 36.5 Å². The number of amides is 1. The molecule has 1 aliphatic heterocycles. The number of rotatable bonds is 3. The van der Waals surface area contributed by atoms with Crippen molar-refractivity contribution in [3.05, 3.63) is 48.0 Å². The lowest BCUT2D eigenvalue weighted by Crippen LogP contribution is -2.44. The van der Waals surface area contributed by atoms with Gasteiger partial charge in [0.25, 0.3) is 5.91 Å². The summed E-state index contributed by atoms with van der Waals surface area (Å²) in [7, 11) is 0. The van der Waals surface area contributed by atoms with Gasteiger partial charge in [-0.2, -0.15) is 0 Å². The zero-order valence-corrected chi connectivity index (χ0v) is 14.2. The second-order valence-electron chi connectivity index (χ2n) is 6.85. The van der Waals surface area contributed by atoms with Gasteiger partial charge >= 0.3 is 5.97 Å². The van der Waals surface area contributed by atoms with Gasteiger partial charge in [0, 0.05) is 13.1 Å². The normalized spacial score (nSPS) is 20.8. The van der Waals surface area contributed by atoms with Crippen molar-refractivity contribution < 1.29 is 14.3 Å². The molecular weight excluding hydrogens is 302 g/mol. The van der Waals surface area contributed by atoms with E-state index in [0.29, 0.717) is 17.4 Å². The number of nitrogens with zero attached hydrogens (tertiary/aromatic N) is 1. The molecule has 126 valence electrons. The largest absolute Gasteiger partial charge is 0.452 e. The van der Waals surface area contributed by atoms with Crippen LogP contribution in [0.2, 0.25) is 0 Å². The van der Waals surface area contributed by atoms with Gasteiger partial charge in [0.15, 0.2) is 6.61 Å². The smallest absolute Gasteiger partial charge is 0.339 e. The minimum atomic E-state index is -0.446. The third-order valence-corrected chi connectivity index (χ3v) is 4.56. The Balaban J connectivity index is 1.65. The monoisotopic (exact) mass is 325 g/mol. The van der Waals surface area contributed by atoms with Crippen LogP contribution in [0.5, 0.6) is 0 Å². The van der Waals surface area contributed by atoms with E-state index in [2.05, 4.69) is 13.8 Å². The van der Waals surface area contributed by atoms with E-state index in [1.807, 2.05) is 41.3 Å². The number of hydrogen-bond donors (Lipinski definition) is 0. The zero-order chi connectivity index (χ0) is 17.1. The van der Waals surface area contributed by atoms with Crippen LogP contribution < -0.4 is 0 Å². The fourth-order valence-corrected chi connectivity index (χ4v) is 3.57. The van der Waals surface area contributed by atoms with Crippen molar-refractivity contribution in [1.29, 1.82) is 0 Å². The lowest BCUT2D eigenvalue weighted by molar-refractivity contribution is -0.137. The molecule has 1 saturated heterocycles. The highest BCUT2D eigenvalue weighted by Crippen LogP contribution is 2.22. The Morgan fingerprint density at radius 2 is 1.71 bits per heavy atom. The number of esters is 1. The van der Waals surface area contributed by atoms with E-state index < -0.39 is 5.97 Å². The minimum absolute atomic E-state index is 0.109. The summed E-state index contributed by atoms with van der Waals surface area (Å²) in [6, 6.07) is 13.2. The molecular formula is C20H23NO3. The number of fused-ring (bicyclic) bond motifs is 1. The Labute approximate surface area is 142 Å². The van der Waals surface area contributed by atoms with Crippen LogP contribution in [0.4, 0.5) is 0 Å². The molecule has 0 aromatic heterocycles. The molecule has 2 aromatic rings. The van der Waals surface area contributed by atoms with Gasteiger partial charge in [-0.25, -0.2) is 4.79 Å². The van der Waals surface area contributed by atoms with Gasteiger partial charge in [-0.1, -0.05) is 50.2 Å². The molecule has 2 aromatic carbocycles. The average Bonchev–Trinajstić information content (AvgIpc) is 2.58. The molecule has 0 N–H and O–H groups in total. The summed E-state index contributed by atoms with van der Waals surface area (Å²) >= 11 is 0. The van der Waals surface area contributed by atoms with Crippen LogP contribution in [0, 0.1) is 11.8 Å². The second kappa shape index (κ2) is 7.04. The predicted molar refractivity (Wildman–Crippen MR) is 93.8 cm³/mol. The fourth-order valence-electron chi connectivity index (χ4n) is 3.57. The molecule has 4 heteroatoms. The Bertz CT molecular complexity index is 740. The molecule has 0 radical (unpaired) electrons. The van der Waals surface area contributed by atoms with E-state index in [9.17, 15) is 9.59 Å². The van der Waals surface area contributed by atoms with Crippen molar-refractivity contribution in [2.45, 2.75) is 20.3 Å². The average molecular weight is 325 g/mol. The van der Waals surface area contributed by atoms with Gasteiger partial charge in [-0.15, -0.1) is 0 Å². The summed E-state index contributed by atoms with van der Waals surface area (Å²) in [5, 5.41) is 1.83. The lowest BCUT2D eigenvalue weighted by Gasteiger charge is -2.34. The Morgan fingerprint density at radius 1 is 1.04 bits per heavy atom. The maximum atomic E-state index is 12.4. The highest BCUT2D eigenvalue weighted by Gasteiger charge is 2.26. The van der Waals surface area contributed by atoms with Gasteiger partial charge < -0.3 is 9.64 Å². The van der Waals surface area contributed by atoms with Gasteiger partial charge in [0.05, 0.1) is 5.56 Å². The standard InChI is InChI=1S/C20H23NO3/c1-14-10-15(2)12-21(11-14)19(22)13-24-20(23)18-9-5-7-16-6-3-4-8-17(16)18/h3-9,14-15H,10-13H2,1-2H3. The van der Waals surface area contributed by atoms with Crippen LogP contribution >= 0.6 is 0 Å². The number of likely N-dealkylation sites (tertiary alicyclic amines) is 1. The number of benzene rings is 2. The van der Waals surface area contributed by atoms with Gasteiger partial charge in [-0.05, 0) is 35.1 Å². The van der Waals surface area contributed by atoms with E-state index in [1.54, 1.807) is 6.07 Å². The van der Waals surface area contributed by atoms with Crippen LogP contribution in [0.1, 0.15) is 30.6 Å². The fraction of sp³-hybridized carbons (Fsp3) is 0.400. The summed E-state index contributed by atoms with van der Waals surface area (Å²) in [5.74, 6) is 0.429. The molecule has 1 amide bonds. The van der Waals surface area contributed by atoms with Crippen molar-refractivity contribution in [2.24, 2.45) is 11.8 Å². The third-order valence-electron chi connectivity index (χ3n) is 4.56. The first-order valence-electron chi connectivity index (χ1n) is 8.47. The molecule has 4 nitrogen and oxygen atoms in total. The first-order valence-corrected chi connectivity index (χ1v) is 8.47. The number of piperidine rings is 1. The van der Waals surface area contributed by atoms with Crippen molar-refractivity contribution in [3.8, 4) is 0 Å².